The van der Waals surface area contributed by atoms with Crippen molar-refractivity contribution in [3.8, 4) is 50.6 Å². The van der Waals surface area contributed by atoms with Crippen molar-refractivity contribution in [2.45, 2.75) is 0 Å². The van der Waals surface area contributed by atoms with E-state index in [1.54, 1.807) is 0 Å². The highest BCUT2D eigenvalue weighted by molar-refractivity contribution is 6.16. The molecule has 0 saturated carbocycles. The maximum atomic E-state index is 6.33. The minimum absolute atomic E-state index is 0.666. The second-order valence-electron chi connectivity index (χ2n) is 12.6. The van der Waals surface area contributed by atoms with Crippen molar-refractivity contribution in [2.24, 2.45) is 0 Å². The third-order valence-corrected chi connectivity index (χ3v) is 9.61. The van der Waals surface area contributed by atoms with E-state index in [0.717, 1.165) is 50.1 Å². The van der Waals surface area contributed by atoms with E-state index < -0.39 is 0 Å². The predicted octanol–water partition coefficient (Wildman–Crippen LogP) is 12.1. The average Bonchev–Trinajstić information content (AvgIpc) is 3.74. The summed E-state index contributed by atoms with van der Waals surface area (Å²) >= 11 is 0. The molecule has 4 heteroatoms. The van der Waals surface area contributed by atoms with Gasteiger partial charge in [-0.2, -0.15) is 0 Å². The Morgan fingerprint density at radius 3 is 1.86 bits per heavy atom. The van der Waals surface area contributed by atoms with Gasteiger partial charge in [0.05, 0.1) is 11.0 Å². The lowest BCUT2D eigenvalue weighted by atomic mass is 9.95. The van der Waals surface area contributed by atoms with Crippen molar-refractivity contribution in [1.82, 2.24) is 14.5 Å². The first-order valence-corrected chi connectivity index (χ1v) is 16.8. The van der Waals surface area contributed by atoms with E-state index in [1.165, 1.54) is 32.9 Å². The minimum atomic E-state index is 0.666. The molecule has 0 atom stereocenters. The fourth-order valence-corrected chi connectivity index (χ4v) is 7.33. The van der Waals surface area contributed by atoms with Crippen LogP contribution in [0.25, 0.3) is 94.5 Å². The summed E-state index contributed by atoms with van der Waals surface area (Å²) in [6, 6.07) is 61.6. The molecule has 10 rings (SSSR count). The Labute approximate surface area is 288 Å². The number of nitrogens with zero attached hydrogens (tertiary/aromatic N) is 3. The maximum absolute atomic E-state index is 6.33. The van der Waals surface area contributed by atoms with Gasteiger partial charge >= 0.3 is 0 Å². The van der Waals surface area contributed by atoms with E-state index in [4.69, 9.17) is 14.4 Å². The molecule has 0 fully saturated rings. The van der Waals surface area contributed by atoms with E-state index in [-0.39, 0.29) is 0 Å². The Kier molecular flexibility index (Phi) is 6.46. The van der Waals surface area contributed by atoms with Crippen LogP contribution in [0.4, 0.5) is 0 Å². The topological polar surface area (TPSA) is 43.9 Å². The predicted molar refractivity (Wildman–Crippen MR) is 205 cm³/mol. The second-order valence-corrected chi connectivity index (χ2v) is 12.6. The van der Waals surface area contributed by atoms with Crippen LogP contribution >= 0.6 is 0 Å². The van der Waals surface area contributed by atoms with Gasteiger partial charge in [-0.1, -0.05) is 127 Å². The van der Waals surface area contributed by atoms with Crippen LogP contribution in [0.3, 0.4) is 0 Å². The van der Waals surface area contributed by atoms with Crippen LogP contribution in [0.1, 0.15) is 0 Å². The van der Waals surface area contributed by atoms with Crippen LogP contribution in [0.5, 0.6) is 0 Å². The zero-order chi connectivity index (χ0) is 33.0. The molecular weight excluding hydrogens is 611 g/mol. The summed E-state index contributed by atoms with van der Waals surface area (Å²) in [6.45, 7) is 0. The van der Waals surface area contributed by atoms with Crippen molar-refractivity contribution >= 4 is 43.9 Å². The van der Waals surface area contributed by atoms with Gasteiger partial charge in [-0.25, -0.2) is 9.97 Å². The smallest absolute Gasteiger partial charge is 0.180 e. The van der Waals surface area contributed by atoms with Crippen LogP contribution in [0.15, 0.2) is 180 Å². The monoisotopic (exact) mass is 639 g/mol. The van der Waals surface area contributed by atoms with Gasteiger partial charge in [-0.05, 0) is 70.8 Å². The van der Waals surface area contributed by atoms with Gasteiger partial charge in [-0.15, -0.1) is 0 Å². The van der Waals surface area contributed by atoms with E-state index >= 15 is 0 Å². The quantitative estimate of drug-likeness (QED) is 0.188. The summed E-state index contributed by atoms with van der Waals surface area (Å²) in [6.07, 6.45) is 0. The van der Waals surface area contributed by atoms with E-state index in [1.807, 2.05) is 36.4 Å². The first-order valence-electron chi connectivity index (χ1n) is 16.8. The number of fused-ring (bicyclic) bond motifs is 6. The lowest BCUT2D eigenvalue weighted by molar-refractivity contribution is 0.667. The lowest BCUT2D eigenvalue weighted by Gasteiger charge is -2.11. The first-order chi connectivity index (χ1) is 24.8. The molecule has 3 heterocycles. The third kappa shape index (κ3) is 4.54. The number of benzene rings is 7. The Morgan fingerprint density at radius 1 is 0.440 bits per heavy atom. The standard InChI is InChI=1S/C46H29N3O/c1-3-14-30(15-4-1)43-45-44(38-23-8-10-27-41(38)50-45)48-46(47-43)34-19-12-17-32(29-34)31-16-11-18-33(28-31)36-24-13-26-40-42(36)37-22-7-9-25-39(37)49(40)35-20-5-2-6-21-35/h1-29H. The van der Waals surface area contributed by atoms with Crippen molar-refractivity contribution in [2.75, 3.05) is 0 Å². The molecule has 0 amide bonds. The SMILES string of the molecule is c1ccc(-c2nc(-c3cccc(-c4cccc(-c5cccc6c5c5ccccc5n6-c5ccccc5)c4)c3)nc3c2oc2ccccc23)cc1. The molecule has 0 aliphatic heterocycles. The maximum Gasteiger partial charge on any atom is 0.180 e. The highest BCUT2D eigenvalue weighted by atomic mass is 16.3. The summed E-state index contributed by atoms with van der Waals surface area (Å²) in [4.78, 5) is 10.2. The fourth-order valence-electron chi connectivity index (χ4n) is 7.33. The van der Waals surface area contributed by atoms with Crippen LogP contribution < -0.4 is 0 Å². The molecule has 234 valence electrons. The molecule has 0 aliphatic carbocycles. The second kappa shape index (κ2) is 11.4. The Morgan fingerprint density at radius 2 is 1.04 bits per heavy atom. The summed E-state index contributed by atoms with van der Waals surface area (Å²) in [5, 5.41) is 3.47. The zero-order valence-corrected chi connectivity index (χ0v) is 27.0. The van der Waals surface area contributed by atoms with Crippen LogP contribution in [0.2, 0.25) is 0 Å². The molecule has 0 spiro atoms. The summed E-state index contributed by atoms with van der Waals surface area (Å²) in [5.41, 5.74) is 13.2. The highest BCUT2D eigenvalue weighted by Crippen LogP contribution is 2.40. The average molecular weight is 640 g/mol. The molecule has 3 aromatic heterocycles. The van der Waals surface area contributed by atoms with Crippen LogP contribution in [-0.2, 0) is 0 Å². The largest absolute Gasteiger partial charge is 0.452 e. The molecule has 0 unspecified atom stereocenters. The van der Waals surface area contributed by atoms with Gasteiger partial charge in [0.25, 0.3) is 0 Å². The summed E-state index contributed by atoms with van der Waals surface area (Å²) in [5.74, 6) is 0.666. The van der Waals surface area contributed by atoms with Gasteiger partial charge in [0.15, 0.2) is 11.4 Å². The molecule has 0 aliphatic rings. The van der Waals surface area contributed by atoms with Gasteiger partial charge in [0, 0.05) is 33.0 Å². The van der Waals surface area contributed by atoms with Crippen molar-refractivity contribution in [3.05, 3.63) is 176 Å². The van der Waals surface area contributed by atoms with Gasteiger partial charge in [0.1, 0.15) is 16.8 Å². The first kappa shape index (κ1) is 28.3. The lowest BCUT2D eigenvalue weighted by Crippen LogP contribution is -1.94. The summed E-state index contributed by atoms with van der Waals surface area (Å²) in [7, 11) is 0. The van der Waals surface area contributed by atoms with Crippen molar-refractivity contribution < 1.29 is 4.42 Å². The van der Waals surface area contributed by atoms with E-state index in [9.17, 15) is 0 Å². The van der Waals surface area contributed by atoms with Crippen molar-refractivity contribution in [3.63, 3.8) is 0 Å². The Balaban J connectivity index is 1.12. The Bertz CT molecular complexity index is 2870. The number of hydrogen-bond acceptors (Lipinski definition) is 3. The molecule has 10 aromatic rings. The number of rotatable bonds is 5. The number of para-hydroxylation sites is 3. The van der Waals surface area contributed by atoms with Gasteiger partial charge in [-0.3, -0.25) is 0 Å². The van der Waals surface area contributed by atoms with Gasteiger partial charge in [0.2, 0.25) is 0 Å². The zero-order valence-electron chi connectivity index (χ0n) is 27.0. The minimum Gasteiger partial charge on any atom is -0.452 e. The normalized spacial score (nSPS) is 11.6. The van der Waals surface area contributed by atoms with Crippen LogP contribution in [-0.4, -0.2) is 14.5 Å². The van der Waals surface area contributed by atoms with Crippen LogP contribution in [0, 0.1) is 0 Å². The highest BCUT2D eigenvalue weighted by Gasteiger charge is 2.19. The number of hydrogen-bond donors (Lipinski definition) is 0. The van der Waals surface area contributed by atoms with E-state index in [2.05, 4.69) is 144 Å². The molecule has 0 bridgehead atoms. The van der Waals surface area contributed by atoms with Crippen molar-refractivity contribution in [1.29, 1.82) is 0 Å². The molecule has 0 radical (unpaired) electrons. The van der Waals surface area contributed by atoms with E-state index in [0.29, 0.717) is 11.4 Å². The molecule has 4 nitrogen and oxygen atoms in total. The molecule has 0 N–H and O–H groups in total. The van der Waals surface area contributed by atoms with Gasteiger partial charge < -0.3 is 8.98 Å². The fraction of sp³-hybridized carbons (Fsp3) is 0. The molecule has 50 heavy (non-hydrogen) atoms. The Hall–Kier alpha value is -6.78. The third-order valence-electron chi connectivity index (χ3n) is 9.61. The summed E-state index contributed by atoms with van der Waals surface area (Å²) < 4.78 is 8.70. The number of aromatic nitrogens is 3. The molecule has 0 saturated heterocycles. The molecule has 7 aromatic carbocycles. The molecular formula is C46H29N3O. The number of furan rings is 1.